The first-order valence-corrected chi connectivity index (χ1v) is 9.89. The zero-order valence-electron chi connectivity index (χ0n) is 17.2. The lowest BCUT2D eigenvalue weighted by atomic mass is 9.95. The van der Waals surface area contributed by atoms with Crippen LogP contribution >= 0.6 is 0 Å². The fourth-order valence-electron chi connectivity index (χ4n) is 3.69. The van der Waals surface area contributed by atoms with Gasteiger partial charge < -0.3 is 15.5 Å². The molecule has 0 radical (unpaired) electrons. The van der Waals surface area contributed by atoms with Gasteiger partial charge in [0.15, 0.2) is 0 Å². The minimum absolute atomic E-state index is 0.164. The number of amides is 4. The molecule has 0 unspecified atom stereocenters. The second-order valence-electron chi connectivity index (χ2n) is 7.79. The van der Waals surface area contributed by atoms with Gasteiger partial charge in [-0.1, -0.05) is 26.0 Å². The Morgan fingerprint density at radius 1 is 1.31 bits per heavy atom. The summed E-state index contributed by atoms with van der Waals surface area (Å²) in [7, 11) is 0. The van der Waals surface area contributed by atoms with Crippen LogP contribution in [0, 0.1) is 11.7 Å². The minimum atomic E-state index is -0.751. The summed E-state index contributed by atoms with van der Waals surface area (Å²) in [6, 6.07) is 4.06. The lowest BCUT2D eigenvalue weighted by Gasteiger charge is -2.32. The van der Waals surface area contributed by atoms with Gasteiger partial charge in [0, 0.05) is 13.1 Å². The number of likely N-dealkylation sites (N-methyl/N-ethyl adjacent to an activating group) is 1. The van der Waals surface area contributed by atoms with Gasteiger partial charge >= 0.3 is 6.03 Å². The summed E-state index contributed by atoms with van der Waals surface area (Å²) in [6.45, 7) is 8.55. The number of hydrogen-bond acceptors (Lipinski definition) is 3. The van der Waals surface area contributed by atoms with E-state index in [1.165, 1.54) is 21.9 Å². The Balaban J connectivity index is 1.92. The van der Waals surface area contributed by atoms with Gasteiger partial charge in [-0.15, -0.1) is 0 Å². The molecule has 0 bridgehead atoms. The Hall–Kier alpha value is -2.90. The van der Waals surface area contributed by atoms with Crippen LogP contribution < -0.4 is 10.6 Å². The van der Waals surface area contributed by atoms with Crippen LogP contribution in [-0.4, -0.2) is 53.3 Å². The Kier molecular flexibility index (Phi) is 5.91. The number of benzene rings is 1. The molecule has 0 aliphatic carbocycles. The Morgan fingerprint density at radius 3 is 2.66 bits per heavy atom. The van der Waals surface area contributed by atoms with Crippen molar-refractivity contribution < 1.29 is 18.8 Å². The van der Waals surface area contributed by atoms with Crippen LogP contribution in [0.15, 0.2) is 35.5 Å². The number of nitrogens with one attached hydrogen (secondary N) is 2. The van der Waals surface area contributed by atoms with Crippen molar-refractivity contribution in [1.29, 1.82) is 0 Å². The molecule has 0 saturated carbocycles. The molecule has 0 saturated heterocycles. The van der Waals surface area contributed by atoms with Crippen molar-refractivity contribution in [2.75, 3.05) is 19.6 Å². The highest BCUT2D eigenvalue weighted by Gasteiger charge is 2.45. The summed E-state index contributed by atoms with van der Waals surface area (Å²) in [4.78, 5) is 41.4. The summed E-state index contributed by atoms with van der Waals surface area (Å²) in [5.41, 5.74) is 1.45. The summed E-state index contributed by atoms with van der Waals surface area (Å²) in [5, 5.41) is 5.65. The van der Waals surface area contributed by atoms with E-state index in [9.17, 15) is 18.8 Å². The van der Waals surface area contributed by atoms with Gasteiger partial charge in [-0.2, -0.15) is 0 Å². The molecule has 1 aromatic rings. The summed E-state index contributed by atoms with van der Waals surface area (Å²) in [6.07, 6.45) is 0. The molecule has 0 aromatic heterocycles. The van der Waals surface area contributed by atoms with Crippen molar-refractivity contribution in [3.8, 4) is 0 Å². The van der Waals surface area contributed by atoms with E-state index in [-0.39, 0.29) is 24.4 Å². The molecular formula is C21H27FN4O3. The molecule has 8 heteroatoms. The molecule has 2 atom stereocenters. The third-order valence-corrected chi connectivity index (χ3v) is 5.28. The summed E-state index contributed by atoms with van der Waals surface area (Å²) < 4.78 is 13.8. The van der Waals surface area contributed by atoms with E-state index in [1.807, 2.05) is 20.8 Å². The molecule has 7 nitrogen and oxygen atoms in total. The predicted octanol–water partition coefficient (Wildman–Crippen LogP) is 2.17. The van der Waals surface area contributed by atoms with Gasteiger partial charge in [-0.05, 0) is 37.5 Å². The fourth-order valence-corrected chi connectivity index (χ4v) is 3.69. The molecule has 2 N–H and O–H groups in total. The molecule has 2 aliphatic rings. The standard InChI is InChI=1S/C21H27FN4O3/c1-5-25-16-11-26(13(4)19(27)23-10-12(2)3)20(28)17(16)18(24-21(25)29)14-7-6-8-15(22)9-14/h6-9,12-13,18H,5,10-11H2,1-4H3,(H,23,27)(H,24,29)/t13-,18+/m1/s1. The van der Waals surface area contributed by atoms with Crippen molar-refractivity contribution in [3.63, 3.8) is 0 Å². The average Bonchev–Trinajstić information content (AvgIpc) is 3.02. The average molecular weight is 402 g/mol. The van der Waals surface area contributed by atoms with Gasteiger partial charge in [-0.3, -0.25) is 14.5 Å². The topological polar surface area (TPSA) is 81.8 Å². The Labute approximate surface area is 169 Å². The molecule has 0 spiro atoms. The highest BCUT2D eigenvalue weighted by molar-refractivity contribution is 6.03. The maximum Gasteiger partial charge on any atom is 0.322 e. The fraction of sp³-hybridized carbons (Fsp3) is 0.476. The van der Waals surface area contributed by atoms with Gasteiger partial charge in [0.05, 0.1) is 23.9 Å². The van der Waals surface area contributed by atoms with Crippen LogP contribution in [-0.2, 0) is 9.59 Å². The highest BCUT2D eigenvalue weighted by Crippen LogP contribution is 2.37. The van der Waals surface area contributed by atoms with E-state index >= 15 is 0 Å². The number of hydrogen-bond donors (Lipinski definition) is 2. The van der Waals surface area contributed by atoms with E-state index in [0.717, 1.165) is 0 Å². The van der Waals surface area contributed by atoms with Crippen molar-refractivity contribution >= 4 is 17.8 Å². The van der Waals surface area contributed by atoms with Crippen molar-refractivity contribution in [2.45, 2.75) is 39.8 Å². The van der Waals surface area contributed by atoms with Crippen molar-refractivity contribution in [1.82, 2.24) is 20.4 Å². The van der Waals surface area contributed by atoms with E-state index in [4.69, 9.17) is 0 Å². The third-order valence-electron chi connectivity index (χ3n) is 5.28. The lowest BCUT2D eigenvalue weighted by Crippen LogP contribution is -2.47. The molecule has 1 aromatic carbocycles. The number of carbonyl (C=O) groups excluding carboxylic acids is 3. The number of nitrogens with zero attached hydrogens (tertiary/aromatic N) is 2. The van der Waals surface area contributed by atoms with Gasteiger partial charge in [0.25, 0.3) is 5.91 Å². The minimum Gasteiger partial charge on any atom is -0.354 e. The molecule has 2 aliphatic heterocycles. The maximum absolute atomic E-state index is 13.8. The first-order chi connectivity index (χ1) is 13.7. The number of carbonyl (C=O) groups is 3. The SMILES string of the molecule is CCN1C(=O)N[C@@H](c2cccc(F)c2)C2=C1CN([C@H](C)C(=O)NCC(C)C)C2=O. The zero-order chi connectivity index (χ0) is 21.3. The molecule has 0 fully saturated rings. The second-order valence-corrected chi connectivity index (χ2v) is 7.79. The normalized spacial score (nSPS) is 20.1. The molecule has 4 amide bonds. The predicted molar refractivity (Wildman–Crippen MR) is 106 cm³/mol. The molecule has 156 valence electrons. The first-order valence-electron chi connectivity index (χ1n) is 9.89. The van der Waals surface area contributed by atoms with Crippen LogP contribution in [0.25, 0.3) is 0 Å². The van der Waals surface area contributed by atoms with Crippen LogP contribution in [0.5, 0.6) is 0 Å². The van der Waals surface area contributed by atoms with Gasteiger partial charge in [-0.25, -0.2) is 9.18 Å². The van der Waals surface area contributed by atoms with E-state index in [2.05, 4.69) is 10.6 Å². The van der Waals surface area contributed by atoms with E-state index < -0.39 is 17.9 Å². The molecule has 3 rings (SSSR count). The van der Waals surface area contributed by atoms with Gasteiger partial charge in [0.2, 0.25) is 5.91 Å². The molecule has 2 heterocycles. The van der Waals surface area contributed by atoms with E-state index in [0.29, 0.717) is 35.8 Å². The van der Waals surface area contributed by atoms with Crippen LogP contribution in [0.1, 0.15) is 39.3 Å². The number of halogens is 1. The third kappa shape index (κ3) is 3.97. The zero-order valence-corrected chi connectivity index (χ0v) is 17.2. The van der Waals surface area contributed by atoms with Gasteiger partial charge in [0.1, 0.15) is 11.9 Å². The second kappa shape index (κ2) is 8.23. The molecule has 29 heavy (non-hydrogen) atoms. The van der Waals surface area contributed by atoms with Crippen molar-refractivity contribution in [2.24, 2.45) is 5.92 Å². The van der Waals surface area contributed by atoms with E-state index in [1.54, 1.807) is 19.1 Å². The monoisotopic (exact) mass is 402 g/mol. The maximum atomic E-state index is 13.8. The number of rotatable bonds is 6. The molecular weight excluding hydrogens is 375 g/mol. The summed E-state index contributed by atoms with van der Waals surface area (Å²) >= 11 is 0. The van der Waals surface area contributed by atoms with Crippen LogP contribution in [0.2, 0.25) is 0 Å². The smallest absolute Gasteiger partial charge is 0.322 e. The Bertz CT molecular complexity index is 867. The summed E-state index contributed by atoms with van der Waals surface area (Å²) in [5.74, 6) is -0.710. The largest absolute Gasteiger partial charge is 0.354 e. The lowest BCUT2D eigenvalue weighted by molar-refractivity contribution is -0.135. The number of urea groups is 1. The van der Waals surface area contributed by atoms with Crippen LogP contribution in [0.4, 0.5) is 9.18 Å². The first kappa shape index (κ1) is 20.8. The van der Waals surface area contributed by atoms with Crippen LogP contribution in [0.3, 0.4) is 0 Å². The quantitative estimate of drug-likeness (QED) is 0.765. The van der Waals surface area contributed by atoms with Crippen molar-refractivity contribution in [3.05, 3.63) is 46.9 Å². The Morgan fingerprint density at radius 2 is 2.03 bits per heavy atom. The highest BCUT2D eigenvalue weighted by atomic mass is 19.1.